The average Bonchev–Trinajstić information content (AvgIpc) is 2.50. The summed E-state index contributed by atoms with van der Waals surface area (Å²) in [6, 6.07) is -1.44. The normalized spacial score (nSPS) is 48.1. The first-order valence-corrected chi connectivity index (χ1v) is 8.04. The Hall–Kier alpha value is -0.320. The van der Waals surface area contributed by atoms with E-state index in [-0.39, 0.29) is 18.2 Å². The number of ether oxygens (including phenoxy) is 2. The van der Waals surface area contributed by atoms with Gasteiger partial charge in [-0.1, -0.05) is 6.92 Å². The molecule has 1 saturated carbocycles. The van der Waals surface area contributed by atoms with Crippen LogP contribution in [0, 0.1) is 0 Å². The second-order valence-corrected chi connectivity index (χ2v) is 6.50. The van der Waals surface area contributed by atoms with Gasteiger partial charge >= 0.3 is 0 Å². The lowest BCUT2D eigenvalue weighted by atomic mass is 9.84. The first-order valence-electron chi connectivity index (χ1n) is 8.04. The summed E-state index contributed by atoms with van der Waals surface area (Å²) in [4.78, 5) is 0. The lowest BCUT2D eigenvalue weighted by molar-refractivity contribution is -0.256. The Morgan fingerprint density at radius 1 is 1.09 bits per heavy atom. The molecule has 8 heteroatoms. The topological polar surface area (TPSA) is 163 Å². The second-order valence-electron chi connectivity index (χ2n) is 6.50. The SMILES string of the molecule is CC[C@@H](N)C1CC[C@@H](N)[C@@H](O[C@H]2[C@H](O)[C@@H](O)[C@H](N)C[C@@H]2N)O1. The van der Waals surface area contributed by atoms with Crippen molar-refractivity contribution in [2.45, 2.75) is 87.5 Å². The summed E-state index contributed by atoms with van der Waals surface area (Å²) in [6.45, 7) is 2.00. The fourth-order valence-corrected chi connectivity index (χ4v) is 3.17. The Morgan fingerprint density at radius 3 is 2.41 bits per heavy atom. The number of rotatable bonds is 4. The van der Waals surface area contributed by atoms with Crippen LogP contribution in [0.2, 0.25) is 0 Å². The minimum Gasteiger partial charge on any atom is -0.389 e. The Balaban J connectivity index is 2.01. The van der Waals surface area contributed by atoms with Gasteiger partial charge in [-0.25, -0.2) is 0 Å². The number of nitrogens with two attached hydrogens (primary N) is 4. The van der Waals surface area contributed by atoms with Crippen molar-refractivity contribution in [1.29, 1.82) is 0 Å². The smallest absolute Gasteiger partial charge is 0.173 e. The van der Waals surface area contributed by atoms with Crippen LogP contribution in [-0.4, -0.2) is 65.1 Å². The largest absolute Gasteiger partial charge is 0.389 e. The summed E-state index contributed by atoms with van der Waals surface area (Å²) in [5.74, 6) is 0. The van der Waals surface area contributed by atoms with Gasteiger partial charge in [-0.15, -0.1) is 0 Å². The van der Waals surface area contributed by atoms with Crippen molar-refractivity contribution in [1.82, 2.24) is 0 Å². The fourth-order valence-electron chi connectivity index (χ4n) is 3.17. The number of hydrogen-bond acceptors (Lipinski definition) is 8. The molecule has 9 atom stereocenters. The van der Waals surface area contributed by atoms with E-state index in [4.69, 9.17) is 32.4 Å². The first-order chi connectivity index (χ1) is 10.3. The van der Waals surface area contributed by atoms with Gasteiger partial charge in [0.2, 0.25) is 0 Å². The molecule has 22 heavy (non-hydrogen) atoms. The van der Waals surface area contributed by atoms with Crippen molar-refractivity contribution in [3.8, 4) is 0 Å². The predicted molar refractivity (Wildman–Crippen MR) is 81.6 cm³/mol. The van der Waals surface area contributed by atoms with Gasteiger partial charge in [0.1, 0.15) is 12.2 Å². The van der Waals surface area contributed by atoms with Crippen molar-refractivity contribution in [3.05, 3.63) is 0 Å². The van der Waals surface area contributed by atoms with Crippen LogP contribution in [0.1, 0.15) is 32.6 Å². The molecule has 8 nitrogen and oxygen atoms in total. The molecular weight excluding hydrogens is 288 g/mol. The van der Waals surface area contributed by atoms with E-state index in [1.165, 1.54) is 0 Å². The molecule has 1 aliphatic carbocycles. The Labute approximate surface area is 131 Å². The van der Waals surface area contributed by atoms with Crippen molar-refractivity contribution < 1.29 is 19.7 Å². The molecule has 1 heterocycles. The number of aliphatic hydroxyl groups is 2. The lowest BCUT2D eigenvalue weighted by Crippen LogP contribution is -2.64. The Morgan fingerprint density at radius 2 is 1.77 bits per heavy atom. The van der Waals surface area contributed by atoms with Gasteiger partial charge in [-0.05, 0) is 25.7 Å². The quantitative estimate of drug-likeness (QED) is 0.337. The molecule has 130 valence electrons. The molecule has 1 saturated heterocycles. The van der Waals surface area contributed by atoms with Gasteiger partial charge in [-0.3, -0.25) is 0 Å². The van der Waals surface area contributed by atoms with Crippen LogP contribution < -0.4 is 22.9 Å². The summed E-state index contributed by atoms with van der Waals surface area (Å²) in [5.41, 5.74) is 23.8. The van der Waals surface area contributed by atoms with Crippen LogP contribution in [0.15, 0.2) is 0 Å². The molecule has 2 rings (SSSR count). The lowest BCUT2D eigenvalue weighted by Gasteiger charge is -2.44. The van der Waals surface area contributed by atoms with E-state index >= 15 is 0 Å². The molecule has 2 fully saturated rings. The minimum atomic E-state index is -1.16. The summed E-state index contributed by atoms with van der Waals surface area (Å²) >= 11 is 0. The minimum absolute atomic E-state index is 0.0810. The van der Waals surface area contributed by atoms with Crippen molar-refractivity contribution in [2.24, 2.45) is 22.9 Å². The van der Waals surface area contributed by atoms with Crippen LogP contribution in [-0.2, 0) is 9.47 Å². The van der Waals surface area contributed by atoms with E-state index in [1.807, 2.05) is 6.92 Å². The van der Waals surface area contributed by atoms with Crippen LogP contribution in [0.3, 0.4) is 0 Å². The maximum Gasteiger partial charge on any atom is 0.173 e. The number of aliphatic hydroxyl groups excluding tert-OH is 2. The third-order valence-electron chi connectivity index (χ3n) is 4.77. The molecule has 0 aromatic rings. The molecule has 2 aliphatic rings. The zero-order chi connectivity index (χ0) is 16.4. The summed E-state index contributed by atoms with van der Waals surface area (Å²) in [7, 11) is 0. The first kappa shape index (κ1) is 18.0. The van der Waals surface area contributed by atoms with Crippen molar-refractivity contribution >= 4 is 0 Å². The molecule has 0 aromatic carbocycles. The monoisotopic (exact) mass is 318 g/mol. The molecule has 0 aromatic heterocycles. The van der Waals surface area contributed by atoms with Gasteiger partial charge in [-0.2, -0.15) is 0 Å². The van der Waals surface area contributed by atoms with E-state index in [0.29, 0.717) is 6.42 Å². The van der Waals surface area contributed by atoms with E-state index in [0.717, 1.165) is 19.3 Å². The highest BCUT2D eigenvalue weighted by Crippen LogP contribution is 2.27. The maximum atomic E-state index is 10.2. The van der Waals surface area contributed by atoms with Crippen LogP contribution in [0.5, 0.6) is 0 Å². The van der Waals surface area contributed by atoms with Gasteiger partial charge in [0.05, 0.1) is 18.2 Å². The third-order valence-corrected chi connectivity index (χ3v) is 4.77. The highest BCUT2D eigenvalue weighted by Gasteiger charge is 2.44. The molecule has 0 amide bonds. The zero-order valence-corrected chi connectivity index (χ0v) is 13.0. The molecule has 10 N–H and O–H groups in total. The number of hydrogen-bond donors (Lipinski definition) is 6. The Bertz CT molecular complexity index is 362. The van der Waals surface area contributed by atoms with Crippen LogP contribution in [0.25, 0.3) is 0 Å². The van der Waals surface area contributed by atoms with E-state index in [1.54, 1.807) is 0 Å². The predicted octanol–water partition coefficient (Wildman–Crippen LogP) is -2.28. The summed E-state index contributed by atoms with van der Waals surface area (Å²) in [6.07, 6.45) is -1.14. The Kier molecular flexibility index (Phi) is 6.14. The standard InChI is InChI=1S/C14H30N4O4/c1-2-6(15)10-4-3-7(16)14(21-10)22-13-9(18)5-8(17)11(19)12(13)20/h6-14,19-20H,2-5,15-18H2,1H3/t6-,7-,8-,9+,10?,11+,12-,13-,14-/m1/s1. The van der Waals surface area contributed by atoms with Crippen molar-refractivity contribution in [3.63, 3.8) is 0 Å². The molecule has 0 bridgehead atoms. The highest BCUT2D eigenvalue weighted by atomic mass is 16.7. The molecule has 1 aliphatic heterocycles. The van der Waals surface area contributed by atoms with Gasteiger partial charge in [0.25, 0.3) is 0 Å². The second kappa shape index (κ2) is 7.50. The van der Waals surface area contributed by atoms with Crippen LogP contribution >= 0.6 is 0 Å². The summed E-state index contributed by atoms with van der Waals surface area (Å²) in [5, 5.41) is 20.1. The molecule has 0 radical (unpaired) electrons. The van der Waals surface area contributed by atoms with Gasteiger partial charge in [0.15, 0.2) is 6.29 Å². The fraction of sp³-hybridized carbons (Fsp3) is 1.00. The summed E-state index contributed by atoms with van der Waals surface area (Å²) < 4.78 is 11.7. The zero-order valence-electron chi connectivity index (χ0n) is 13.0. The van der Waals surface area contributed by atoms with E-state index in [2.05, 4.69) is 0 Å². The molecular formula is C14H30N4O4. The molecule has 1 unspecified atom stereocenters. The van der Waals surface area contributed by atoms with Gasteiger partial charge in [0, 0.05) is 18.1 Å². The molecule has 0 spiro atoms. The van der Waals surface area contributed by atoms with Gasteiger partial charge < -0.3 is 42.6 Å². The average molecular weight is 318 g/mol. The van der Waals surface area contributed by atoms with E-state index in [9.17, 15) is 10.2 Å². The van der Waals surface area contributed by atoms with Crippen molar-refractivity contribution in [2.75, 3.05) is 0 Å². The van der Waals surface area contributed by atoms with Crippen LogP contribution in [0.4, 0.5) is 0 Å². The highest BCUT2D eigenvalue weighted by molar-refractivity contribution is 4.98. The maximum absolute atomic E-state index is 10.2. The van der Waals surface area contributed by atoms with E-state index < -0.39 is 36.7 Å². The third kappa shape index (κ3) is 3.77.